The molecule has 0 radical (unpaired) electrons. The predicted molar refractivity (Wildman–Crippen MR) is 184 cm³/mol. The van der Waals surface area contributed by atoms with E-state index in [0.717, 1.165) is 37.3 Å². The fraction of sp³-hybridized carbons (Fsp3) is 0.529. The Morgan fingerprint density at radius 3 is 2.09 bits per heavy atom. The third-order valence-corrected chi connectivity index (χ3v) is 9.93. The van der Waals surface area contributed by atoms with Gasteiger partial charge in [0.05, 0.1) is 4.91 Å². The number of hydrogen-bond acceptors (Lipinski definition) is 7. The summed E-state index contributed by atoms with van der Waals surface area (Å²) in [5, 5.41) is 9.82. The number of rotatable bonds is 14. The molecule has 0 saturated carbocycles. The second kappa shape index (κ2) is 16.1. The van der Waals surface area contributed by atoms with Gasteiger partial charge < -0.3 is 9.80 Å². The molecule has 4 rings (SSSR count). The van der Waals surface area contributed by atoms with Gasteiger partial charge in [-0.15, -0.1) is 0 Å². The van der Waals surface area contributed by atoms with Gasteiger partial charge in [-0.2, -0.15) is 5.26 Å². The van der Waals surface area contributed by atoms with Gasteiger partial charge in [0.15, 0.2) is 0 Å². The number of piperazine rings is 1. The van der Waals surface area contributed by atoms with Crippen LogP contribution in [0.2, 0.25) is 0 Å². The van der Waals surface area contributed by atoms with Crippen LogP contribution in [0.3, 0.4) is 0 Å². The van der Waals surface area contributed by atoms with Gasteiger partial charge in [-0.25, -0.2) is 0 Å². The first-order valence-corrected chi connectivity index (χ1v) is 17.0. The fourth-order valence-electron chi connectivity index (χ4n) is 5.99. The van der Waals surface area contributed by atoms with Crippen molar-refractivity contribution in [2.75, 3.05) is 42.5 Å². The van der Waals surface area contributed by atoms with E-state index in [1.807, 2.05) is 24.3 Å². The zero-order valence-corrected chi connectivity index (χ0v) is 27.6. The second-order valence-electron chi connectivity index (χ2n) is 11.5. The quantitative estimate of drug-likeness (QED) is 0.128. The Kier molecular flexibility index (Phi) is 12.3. The minimum Gasteiger partial charge on any atom is -0.368 e. The molecule has 0 bridgehead atoms. The number of thiocarbonyl (C=S) groups is 1. The first-order valence-electron chi connectivity index (χ1n) is 15.8. The number of carbonyl (C=O) groups excluding carboxylic acids is 1. The third kappa shape index (κ3) is 8.10. The third-order valence-electron chi connectivity index (χ3n) is 8.55. The zero-order chi connectivity index (χ0) is 30.8. The minimum absolute atomic E-state index is 0.0856. The van der Waals surface area contributed by atoms with Crippen LogP contribution < -0.4 is 15.4 Å². The standard InChI is InChI=1S/C34H45N5O2S2/c1-4-5-6-7-8-9-10-11-12-16-19-39-33(41)30(43-34(39)42)24-28-26(2)29(25-35)32(40)36(3)31(28)38-22-20-37(21-23-38)27-17-14-13-15-18-27/h13-15,17-18,24H,4-12,16,19-23H2,1-3H3/b30-24-. The molecular weight excluding hydrogens is 575 g/mol. The van der Waals surface area contributed by atoms with Crippen LogP contribution in [-0.4, -0.2) is 52.4 Å². The molecule has 0 aliphatic carbocycles. The number of anilines is 2. The molecule has 43 heavy (non-hydrogen) atoms. The summed E-state index contributed by atoms with van der Waals surface area (Å²) in [6.45, 7) is 7.72. The highest BCUT2D eigenvalue weighted by molar-refractivity contribution is 8.26. The number of nitriles is 1. The van der Waals surface area contributed by atoms with Gasteiger partial charge >= 0.3 is 0 Å². The molecule has 9 heteroatoms. The Morgan fingerprint density at radius 2 is 1.49 bits per heavy atom. The molecule has 7 nitrogen and oxygen atoms in total. The van der Waals surface area contributed by atoms with E-state index in [-0.39, 0.29) is 17.0 Å². The molecule has 2 aliphatic heterocycles. The van der Waals surface area contributed by atoms with Crippen molar-refractivity contribution in [1.82, 2.24) is 9.47 Å². The van der Waals surface area contributed by atoms with Crippen LogP contribution >= 0.6 is 24.0 Å². The number of thioether (sulfide) groups is 1. The summed E-state index contributed by atoms with van der Waals surface area (Å²) in [6.07, 6.45) is 14.2. The molecule has 230 valence electrons. The number of aromatic nitrogens is 1. The Bertz CT molecular complexity index is 1400. The van der Waals surface area contributed by atoms with Gasteiger partial charge in [0, 0.05) is 51.0 Å². The van der Waals surface area contributed by atoms with E-state index >= 15 is 0 Å². The zero-order valence-electron chi connectivity index (χ0n) is 25.9. The number of para-hydroxylation sites is 1. The van der Waals surface area contributed by atoms with Crippen molar-refractivity contribution >= 4 is 51.8 Å². The van der Waals surface area contributed by atoms with Crippen molar-refractivity contribution in [1.29, 1.82) is 5.26 Å². The molecule has 0 atom stereocenters. The number of amides is 1. The van der Waals surface area contributed by atoms with Gasteiger partial charge in [-0.3, -0.25) is 19.1 Å². The van der Waals surface area contributed by atoms with Crippen LogP contribution in [-0.2, 0) is 11.8 Å². The Balaban J connectivity index is 1.45. The molecule has 2 aliphatic rings. The molecule has 0 unspecified atom stereocenters. The maximum Gasteiger partial charge on any atom is 0.270 e. The van der Waals surface area contributed by atoms with Crippen LogP contribution in [0.5, 0.6) is 0 Å². The first-order chi connectivity index (χ1) is 20.9. The maximum absolute atomic E-state index is 13.5. The molecule has 1 aromatic carbocycles. The monoisotopic (exact) mass is 619 g/mol. The van der Waals surface area contributed by atoms with Crippen LogP contribution in [0.15, 0.2) is 40.0 Å². The van der Waals surface area contributed by atoms with Crippen molar-refractivity contribution in [2.45, 2.75) is 78.1 Å². The number of carbonyl (C=O) groups is 1. The number of hydrogen-bond donors (Lipinski definition) is 0. The highest BCUT2D eigenvalue weighted by Crippen LogP contribution is 2.36. The van der Waals surface area contributed by atoms with Crippen LogP contribution in [0.25, 0.3) is 6.08 Å². The van der Waals surface area contributed by atoms with E-state index < -0.39 is 0 Å². The van der Waals surface area contributed by atoms with Gasteiger partial charge in [0.1, 0.15) is 21.8 Å². The smallest absolute Gasteiger partial charge is 0.270 e. The Labute approximate surface area is 266 Å². The number of unbranched alkanes of at least 4 members (excludes halogenated alkanes) is 9. The van der Waals surface area contributed by atoms with E-state index in [1.165, 1.54) is 68.8 Å². The van der Waals surface area contributed by atoms with E-state index in [4.69, 9.17) is 12.2 Å². The van der Waals surface area contributed by atoms with Gasteiger partial charge in [-0.05, 0) is 37.1 Å². The molecule has 2 saturated heterocycles. The largest absolute Gasteiger partial charge is 0.368 e. The van der Waals surface area contributed by atoms with Crippen molar-refractivity contribution in [3.05, 3.63) is 62.3 Å². The summed E-state index contributed by atoms with van der Waals surface area (Å²) in [5.41, 5.74) is 2.32. The lowest BCUT2D eigenvalue weighted by atomic mass is 10.0. The van der Waals surface area contributed by atoms with Crippen molar-refractivity contribution in [3.63, 3.8) is 0 Å². The average molecular weight is 620 g/mol. The number of benzene rings is 1. The molecule has 2 fully saturated rings. The van der Waals surface area contributed by atoms with E-state index in [2.05, 4.69) is 34.9 Å². The minimum atomic E-state index is -0.314. The van der Waals surface area contributed by atoms with Gasteiger partial charge in [0.25, 0.3) is 11.5 Å². The highest BCUT2D eigenvalue weighted by atomic mass is 32.2. The fourth-order valence-corrected chi connectivity index (χ4v) is 7.28. The lowest BCUT2D eigenvalue weighted by molar-refractivity contribution is -0.122. The summed E-state index contributed by atoms with van der Waals surface area (Å²) >= 11 is 6.95. The van der Waals surface area contributed by atoms with Crippen molar-refractivity contribution in [3.8, 4) is 6.07 Å². The number of pyridine rings is 1. The van der Waals surface area contributed by atoms with E-state index in [1.54, 1.807) is 23.4 Å². The summed E-state index contributed by atoms with van der Waals surface area (Å²) in [6, 6.07) is 12.4. The topological polar surface area (TPSA) is 72.6 Å². The molecular formula is C34H45N5O2S2. The molecule has 2 aromatic rings. The van der Waals surface area contributed by atoms with Crippen LogP contribution in [0.1, 0.15) is 87.8 Å². The molecule has 0 spiro atoms. The number of nitrogens with zero attached hydrogens (tertiary/aromatic N) is 5. The van der Waals surface area contributed by atoms with Crippen molar-refractivity contribution in [2.24, 2.45) is 7.05 Å². The average Bonchev–Trinajstić information content (AvgIpc) is 3.29. The molecule has 0 N–H and O–H groups in total. The van der Waals surface area contributed by atoms with Crippen LogP contribution in [0, 0.1) is 18.3 Å². The lowest BCUT2D eigenvalue weighted by Gasteiger charge is -2.38. The predicted octanol–water partition coefficient (Wildman–Crippen LogP) is 7.01. The van der Waals surface area contributed by atoms with Gasteiger partial charge in [-0.1, -0.05) is 107 Å². The first kappa shape index (κ1) is 32.8. The Hall–Kier alpha value is -3.09. The lowest BCUT2D eigenvalue weighted by Crippen LogP contribution is -2.48. The van der Waals surface area contributed by atoms with E-state index in [9.17, 15) is 14.9 Å². The molecule has 1 aromatic heterocycles. The molecule has 3 heterocycles. The van der Waals surface area contributed by atoms with Gasteiger partial charge in [0.2, 0.25) is 0 Å². The normalized spacial score (nSPS) is 16.4. The maximum atomic E-state index is 13.5. The second-order valence-corrected chi connectivity index (χ2v) is 13.2. The summed E-state index contributed by atoms with van der Waals surface area (Å²) in [5.74, 6) is 0.659. The summed E-state index contributed by atoms with van der Waals surface area (Å²) in [4.78, 5) is 33.5. The Morgan fingerprint density at radius 1 is 0.907 bits per heavy atom. The summed E-state index contributed by atoms with van der Waals surface area (Å²) in [7, 11) is 1.72. The summed E-state index contributed by atoms with van der Waals surface area (Å²) < 4.78 is 2.15. The SMILES string of the molecule is CCCCCCCCCCCCN1C(=O)/C(=C/c2c(C)c(C#N)c(=O)n(C)c2N2CCN(c3ccccc3)CC2)SC1=S. The highest BCUT2D eigenvalue weighted by Gasteiger charge is 2.33. The van der Waals surface area contributed by atoms with Crippen molar-refractivity contribution < 1.29 is 4.79 Å². The van der Waals surface area contributed by atoms with E-state index in [0.29, 0.717) is 34.4 Å². The van der Waals surface area contributed by atoms with Crippen LogP contribution in [0.4, 0.5) is 11.5 Å². The molecule has 1 amide bonds.